The van der Waals surface area contributed by atoms with Crippen molar-refractivity contribution in [2.75, 3.05) is 13.1 Å². The summed E-state index contributed by atoms with van der Waals surface area (Å²) in [5, 5.41) is 15.0. The van der Waals surface area contributed by atoms with Crippen LogP contribution in [-0.2, 0) is 4.79 Å². The van der Waals surface area contributed by atoms with E-state index in [1.165, 1.54) is 28.0 Å². The number of rotatable bonds is 4. The number of aromatic nitrogens is 3. The maximum atomic E-state index is 13.9. The van der Waals surface area contributed by atoms with E-state index in [2.05, 4.69) is 15.0 Å². The number of likely N-dealkylation sites (tertiary alicyclic amines) is 1. The smallest absolute Gasteiger partial charge is 0.230 e. The second-order valence-corrected chi connectivity index (χ2v) is 7.82. The average molecular weight is 389 g/mol. The van der Waals surface area contributed by atoms with E-state index in [0.717, 1.165) is 5.56 Å². The molecule has 1 amide bonds. The number of nitrogens with zero attached hydrogens (tertiary/aromatic N) is 4. The van der Waals surface area contributed by atoms with Crippen LogP contribution in [0.5, 0.6) is 5.88 Å². The van der Waals surface area contributed by atoms with Gasteiger partial charge >= 0.3 is 0 Å². The number of hydrogen-bond acceptors (Lipinski definition) is 6. The van der Waals surface area contributed by atoms with Crippen molar-refractivity contribution in [3.8, 4) is 5.88 Å². The molecule has 27 heavy (non-hydrogen) atoms. The lowest BCUT2D eigenvalue weighted by molar-refractivity contribution is -0.123. The van der Waals surface area contributed by atoms with Crippen LogP contribution < -0.4 is 5.73 Å². The molecule has 9 heteroatoms. The van der Waals surface area contributed by atoms with Gasteiger partial charge in [-0.2, -0.15) is 4.52 Å². The Morgan fingerprint density at radius 2 is 2.15 bits per heavy atom. The molecule has 1 aliphatic heterocycles. The fraction of sp³-hybridized carbons (Fsp3) is 0.389. The highest BCUT2D eigenvalue weighted by atomic mass is 32.1. The molecule has 0 spiro atoms. The van der Waals surface area contributed by atoms with Crippen LogP contribution >= 0.6 is 11.3 Å². The first kappa shape index (κ1) is 17.9. The molecule has 7 nitrogen and oxygen atoms in total. The van der Waals surface area contributed by atoms with Crippen molar-refractivity contribution in [1.82, 2.24) is 19.5 Å². The van der Waals surface area contributed by atoms with Crippen LogP contribution in [-0.4, -0.2) is 43.6 Å². The zero-order chi connectivity index (χ0) is 19.1. The summed E-state index contributed by atoms with van der Waals surface area (Å²) in [5.74, 6) is -0.170. The molecule has 1 aliphatic rings. The van der Waals surface area contributed by atoms with E-state index in [9.17, 15) is 14.3 Å². The van der Waals surface area contributed by atoms with Gasteiger partial charge in [0.05, 0.1) is 10.9 Å². The number of nitrogens with two attached hydrogens (primary N) is 1. The van der Waals surface area contributed by atoms with Gasteiger partial charge in [-0.05, 0) is 50.6 Å². The molecule has 1 unspecified atom stereocenters. The second kappa shape index (κ2) is 6.90. The number of aromatic hydroxyl groups is 1. The van der Waals surface area contributed by atoms with E-state index in [0.29, 0.717) is 41.6 Å². The maximum Gasteiger partial charge on any atom is 0.230 e. The van der Waals surface area contributed by atoms with E-state index in [-0.39, 0.29) is 29.6 Å². The normalized spacial score (nSPS) is 17.4. The molecule has 0 radical (unpaired) electrons. The van der Waals surface area contributed by atoms with Crippen molar-refractivity contribution in [2.24, 2.45) is 11.7 Å². The molecule has 3 N–H and O–H groups in total. The van der Waals surface area contributed by atoms with Crippen molar-refractivity contribution in [3.05, 3.63) is 46.3 Å². The molecular formula is C18H20FN5O2S. The molecule has 1 atom stereocenters. The van der Waals surface area contributed by atoms with E-state index >= 15 is 0 Å². The van der Waals surface area contributed by atoms with Gasteiger partial charge in [-0.15, -0.1) is 5.10 Å². The quantitative estimate of drug-likeness (QED) is 0.713. The highest BCUT2D eigenvalue weighted by Crippen LogP contribution is 2.41. The maximum absolute atomic E-state index is 13.9. The number of benzene rings is 1. The molecule has 3 aromatic rings. The summed E-state index contributed by atoms with van der Waals surface area (Å²) >= 11 is 1.34. The third-order valence-corrected chi connectivity index (χ3v) is 6.09. The molecule has 1 aromatic carbocycles. The molecule has 0 bridgehead atoms. The molecule has 2 aromatic heterocycles. The predicted molar refractivity (Wildman–Crippen MR) is 99.0 cm³/mol. The number of aryl methyl sites for hydroxylation is 1. The average Bonchev–Trinajstić information content (AvgIpc) is 3.14. The third kappa shape index (κ3) is 3.28. The van der Waals surface area contributed by atoms with Crippen molar-refractivity contribution >= 4 is 22.2 Å². The Labute approximate surface area is 159 Å². The Kier molecular flexibility index (Phi) is 4.56. The lowest BCUT2D eigenvalue weighted by Gasteiger charge is -2.36. The number of halogens is 1. The number of fused-ring (bicyclic) bond motifs is 1. The summed E-state index contributed by atoms with van der Waals surface area (Å²) in [7, 11) is 0. The molecular weight excluding hydrogens is 369 g/mol. The molecule has 142 valence electrons. The highest BCUT2D eigenvalue weighted by molar-refractivity contribution is 7.17. The lowest BCUT2D eigenvalue weighted by Crippen LogP contribution is -2.40. The van der Waals surface area contributed by atoms with E-state index in [4.69, 9.17) is 5.73 Å². The summed E-state index contributed by atoms with van der Waals surface area (Å²) < 4.78 is 15.3. The third-order valence-electron chi connectivity index (χ3n) is 5.02. The predicted octanol–water partition coefficient (Wildman–Crippen LogP) is 2.23. The minimum atomic E-state index is -0.344. The van der Waals surface area contributed by atoms with E-state index in [1.807, 2.05) is 6.07 Å². The first-order chi connectivity index (χ1) is 12.9. The number of carbonyl (C=O) groups is 1. The molecule has 3 heterocycles. The summed E-state index contributed by atoms with van der Waals surface area (Å²) in [6, 6.07) is 6.03. The summed E-state index contributed by atoms with van der Waals surface area (Å²) in [5.41, 5.74) is 6.18. The van der Waals surface area contributed by atoms with Crippen LogP contribution in [0.2, 0.25) is 0 Å². The van der Waals surface area contributed by atoms with Crippen LogP contribution in [0.4, 0.5) is 4.39 Å². The van der Waals surface area contributed by atoms with Gasteiger partial charge in [-0.1, -0.05) is 23.5 Å². The van der Waals surface area contributed by atoms with Crippen molar-refractivity contribution in [2.45, 2.75) is 25.8 Å². The Balaban J connectivity index is 1.75. The topological polar surface area (TPSA) is 96.8 Å². The SMILES string of the molecule is Cc1nc2sc(C(c3cccc(F)c3)N3CCC(C(N)=O)CC3)c(O)n2n1. The van der Waals surface area contributed by atoms with E-state index in [1.54, 1.807) is 13.0 Å². The largest absolute Gasteiger partial charge is 0.492 e. The summed E-state index contributed by atoms with van der Waals surface area (Å²) in [6.07, 6.45) is 1.28. The fourth-order valence-electron chi connectivity index (χ4n) is 3.67. The van der Waals surface area contributed by atoms with Gasteiger partial charge in [-0.3, -0.25) is 9.69 Å². The number of amides is 1. The van der Waals surface area contributed by atoms with Crippen LogP contribution in [0.25, 0.3) is 4.96 Å². The Bertz CT molecular complexity index is 993. The second-order valence-electron chi connectivity index (χ2n) is 6.81. The number of hydrogen-bond donors (Lipinski definition) is 2. The van der Waals surface area contributed by atoms with Gasteiger partial charge in [0.2, 0.25) is 16.7 Å². The van der Waals surface area contributed by atoms with Crippen LogP contribution in [0.3, 0.4) is 0 Å². The Morgan fingerprint density at radius 3 is 2.78 bits per heavy atom. The van der Waals surface area contributed by atoms with Crippen LogP contribution in [0.1, 0.15) is 35.1 Å². The lowest BCUT2D eigenvalue weighted by atomic mass is 9.93. The van der Waals surface area contributed by atoms with Gasteiger partial charge in [0.1, 0.15) is 11.6 Å². The van der Waals surface area contributed by atoms with Crippen molar-refractivity contribution in [3.63, 3.8) is 0 Å². The monoisotopic (exact) mass is 389 g/mol. The summed E-state index contributed by atoms with van der Waals surface area (Å²) in [6.45, 7) is 3.01. The van der Waals surface area contributed by atoms with Gasteiger partial charge in [0, 0.05) is 5.92 Å². The Hall–Kier alpha value is -2.52. The number of piperidine rings is 1. The van der Waals surface area contributed by atoms with Gasteiger partial charge in [0.15, 0.2) is 0 Å². The van der Waals surface area contributed by atoms with E-state index < -0.39 is 0 Å². The highest BCUT2D eigenvalue weighted by Gasteiger charge is 2.33. The minimum absolute atomic E-state index is 0.0156. The number of primary amides is 1. The van der Waals surface area contributed by atoms with Crippen molar-refractivity contribution in [1.29, 1.82) is 0 Å². The van der Waals surface area contributed by atoms with Gasteiger partial charge in [0.25, 0.3) is 0 Å². The zero-order valence-corrected chi connectivity index (χ0v) is 15.6. The zero-order valence-electron chi connectivity index (χ0n) is 14.8. The molecule has 4 rings (SSSR count). The molecule has 1 saturated heterocycles. The van der Waals surface area contributed by atoms with Crippen molar-refractivity contribution < 1.29 is 14.3 Å². The fourth-order valence-corrected chi connectivity index (χ4v) is 4.84. The van der Waals surface area contributed by atoms with Gasteiger partial charge < -0.3 is 10.8 Å². The minimum Gasteiger partial charge on any atom is -0.492 e. The first-order valence-corrected chi connectivity index (χ1v) is 9.59. The van der Waals surface area contributed by atoms with Gasteiger partial charge in [-0.25, -0.2) is 9.37 Å². The number of carbonyl (C=O) groups excluding carboxylic acids is 1. The first-order valence-electron chi connectivity index (χ1n) is 8.78. The molecule has 0 aliphatic carbocycles. The standard InChI is InChI=1S/C18H20FN5O2S/c1-10-21-18-24(22-10)17(26)15(27-18)14(12-3-2-4-13(19)9-12)23-7-5-11(6-8-23)16(20)25/h2-4,9,11,14,26H,5-8H2,1H3,(H2,20,25). The molecule has 0 saturated carbocycles. The van der Waals surface area contributed by atoms with Crippen LogP contribution in [0.15, 0.2) is 24.3 Å². The summed E-state index contributed by atoms with van der Waals surface area (Å²) in [4.78, 5) is 19.2. The molecule has 1 fully saturated rings. The number of thiazole rings is 1. The van der Waals surface area contributed by atoms with Crippen LogP contribution in [0, 0.1) is 18.7 Å². The Morgan fingerprint density at radius 1 is 1.41 bits per heavy atom.